The van der Waals surface area contributed by atoms with E-state index in [9.17, 15) is 0 Å². The van der Waals surface area contributed by atoms with Gasteiger partial charge in [0.1, 0.15) is 5.82 Å². The van der Waals surface area contributed by atoms with E-state index in [-0.39, 0.29) is 0 Å². The molecule has 2 N–H and O–H groups in total. The van der Waals surface area contributed by atoms with E-state index in [0.717, 1.165) is 22.2 Å². The third-order valence-electron chi connectivity index (χ3n) is 2.57. The monoisotopic (exact) mass is 222 g/mol. The van der Waals surface area contributed by atoms with Gasteiger partial charge in [0, 0.05) is 17.1 Å². The second kappa shape index (κ2) is 3.83. The number of rotatable bonds is 1. The van der Waals surface area contributed by atoms with Crippen molar-refractivity contribution in [2.75, 3.05) is 5.73 Å². The van der Waals surface area contributed by atoms with Crippen molar-refractivity contribution in [3.8, 4) is 11.3 Å². The summed E-state index contributed by atoms with van der Waals surface area (Å²) in [5.74, 6) is 0.419. The summed E-state index contributed by atoms with van der Waals surface area (Å²) in [7, 11) is 0. The standard InChI is InChI=1S/C13H10N4/c14-13-6-5-12(16-17-13)10-7-9-3-1-2-4-11(9)15-8-10/h1-8H,(H2,14,17). The van der Waals surface area contributed by atoms with Crippen LogP contribution in [0.2, 0.25) is 0 Å². The van der Waals surface area contributed by atoms with Gasteiger partial charge in [-0.2, -0.15) is 0 Å². The van der Waals surface area contributed by atoms with Gasteiger partial charge in [0.05, 0.1) is 11.2 Å². The smallest absolute Gasteiger partial charge is 0.146 e. The highest BCUT2D eigenvalue weighted by Gasteiger charge is 2.02. The maximum Gasteiger partial charge on any atom is 0.146 e. The van der Waals surface area contributed by atoms with Crippen molar-refractivity contribution in [3.63, 3.8) is 0 Å². The molecule has 17 heavy (non-hydrogen) atoms. The van der Waals surface area contributed by atoms with E-state index in [0.29, 0.717) is 5.82 Å². The average molecular weight is 222 g/mol. The molecule has 0 atom stereocenters. The number of nitrogens with zero attached hydrogens (tertiary/aromatic N) is 3. The number of aromatic nitrogens is 3. The quantitative estimate of drug-likeness (QED) is 0.686. The summed E-state index contributed by atoms with van der Waals surface area (Å²) in [5, 5.41) is 8.96. The van der Waals surface area contributed by atoms with Crippen molar-refractivity contribution in [3.05, 3.63) is 48.7 Å². The van der Waals surface area contributed by atoms with Crippen molar-refractivity contribution in [1.29, 1.82) is 0 Å². The third kappa shape index (κ3) is 1.80. The number of fused-ring (bicyclic) bond motifs is 1. The first kappa shape index (κ1) is 9.72. The summed E-state index contributed by atoms with van der Waals surface area (Å²) in [5.41, 5.74) is 8.19. The summed E-state index contributed by atoms with van der Waals surface area (Å²) in [4.78, 5) is 4.38. The fraction of sp³-hybridized carbons (Fsp3) is 0. The molecule has 0 aliphatic carbocycles. The van der Waals surface area contributed by atoms with Gasteiger partial charge in [-0.05, 0) is 24.3 Å². The van der Waals surface area contributed by atoms with Crippen molar-refractivity contribution in [2.24, 2.45) is 0 Å². The Kier molecular flexibility index (Phi) is 2.19. The van der Waals surface area contributed by atoms with Gasteiger partial charge < -0.3 is 5.73 Å². The highest BCUT2D eigenvalue weighted by Crippen LogP contribution is 2.20. The number of anilines is 1. The molecule has 4 heteroatoms. The van der Waals surface area contributed by atoms with E-state index in [2.05, 4.69) is 15.2 Å². The van der Waals surface area contributed by atoms with Gasteiger partial charge >= 0.3 is 0 Å². The second-order valence-corrected chi connectivity index (χ2v) is 3.76. The van der Waals surface area contributed by atoms with Gasteiger partial charge in [0.25, 0.3) is 0 Å². The largest absolute Gasteiger partial charge is 0.382 e. The first-order valence-electron chi connectivity index (χ1n) is 5.27. The van der Waals surface area contributed by atoms with Crippen LogP contribution in [0.1, 0.15) is 0 Å². The van der Waals surface area contributed by atoms with Gasteiger partial charge in [0.2, 0.25) is 0 Å². The van der Waals surface area contributed by atoms with E-state index in [1.165, 1.54) is 0 Å². The second-order valence-electron chi connectivity index (χ2n) is 3.76. The zero-order valence-corrected chi connectivity index (χ0v) is 9.04. The minimum Gasteiger partial charge on any atom is -0.382 e. The minimum atomic E-state index is 0.419. The highest BCUT2D eigenvalue weighted by atomic mass is 15.1. The molecular formula is C13H10N4. The molecule has 0 radical (unpaired) electrons. The van der Waals surface area contributed by atoms with Crippen LogP contribution in [0.3, 0.4) is 0 Å². The Bertz CT molecular complexity index is 662. The predicted octanol–water partition coefficient (Wildman–Crippen LogP) is 2.27. The maximum absolute atomic E-state index is 5.51. The molecular weight excluding hydrogens is 212 g/mol. The molecule has 4 nitrogen and oxygen atoms in total. The number of para-hydroxylation sites is 1. The number of benzene rings is 1. The number of nitrogen functional groups attached to an aromatic ring is 1. The lowest BCUT2D eigenvalue weighted by molar-refractivity contribution is 1.05. The Hall–Kier alpha value is -2.49. The molecule has 0 spiro atoms. The number of nitrogens with two attached hydrogens (primary N) is 1. The van der Waals surface area contributed by atoms with Crippen molar-refractivity contribution in [1.82, 2.24) is 15.2 Å². The lowest BCUT2D eigenvalue weighted by Gasteiger charge is -2.02. The van der Waals surface area contributed by atoms with Crippen LogP contribution in [0.25, 0.3) is 22.2 Å². The van der Waals surface area contributed by atoms with Crippen LogP contribution in [0.4, 0.5) is 5.82 Å². The molecule has 3 rings (SSSR count). The van der Waals surface area contributed by atoms with Crippen molar-refractivity contribution in [2.45, 2.75) is 0 Å². The first-order valence-corrected chi connectivity index (χ1v) is 5.27. The molecule has 0 fully saturated rings. The molecule has 0 aliphatic heterocycles. The molecule has 0 aliphatic rings. The van der Waals surface area contributed by atoms with E-state index < -0.39 is 0 Å². The van der Waals surface area contributed by atoms with Gasteiger partial charge in [-0.3, -0.25) is 4.98 Å². The van der Waals surface area contributed by atoms with E-state index in [1.54, 1.807) is 12.3 Å². The molecule has 1 aromatic carbocycles. The molecule has 0 bridgehead atoms. The van der Waals surface area contributed by atoms with Crippen molar-refractivity contribution >= 4 is 16.7 Å². The van der Waals surface area contributed by atoms with Crippen molar-refractivity contribution < 1.29 is 0 Å². The number of pyridine rings is 1. The van der Waals surface area contributed by atoms with Gasteiger partial charge in [0.15, 0.2) is 0 Å². The molecule has 2 heterocycles. The normalized spacial score (nSPS) is 10.6. The van der Waals surface area contributed by atoms with Crippen LogP contribution >= 0.6 is 0 Å². The Morgan fingerprint density at radius 2 is 1.82 bits per heavy atom. The average Bonchev–Trinajstić information content (AvgIpc) is 2.39. The summed E-state index contributed by atoms with van der Waals surface area (Å²) >= 11 is 0. The van der Waals surface area contributed by atoms with E-state index in [1.807, 2.05) is 36.4 Å². The summed E-state index contributed by atoms with van der Waals surface area (Å²) < 4.78 is 0. The Morgan fingerprint density at radius 3 is 2.65 bits per heavy atom. The van der Waals surface area contributed by atoms with E-state index in [4.69, 9.17) is 5.73 Å². The molecule has 0 unspecified atom stereocenters. The predicted molar refractivity (Wildman–Crippen MR) is 67.2 cm³/mol. The fourth-order valence-corrected chi connectivity index (χ4v) is 1.71. The molecule has 3 aromatic rings. The Labute approximate surface area is 98.1 Å². The maximum atomic E-state index is 5.51. The zero-order chi connectivity index (χ0) is 11.7. The van der Waals surface area contributed by atoms with Crippen LogP contribution in [-0.2, 0) is 0 Å². The zero-order valence-electron chi connectivity index (χ0n) is 9.04. The number of hydrogen-bond acceptors (Lipinski definition) is 4. The first-order chi connectivity index (χ1) is 8.33. The Morgan fingerprint density at radius 1 is 0.941 bits per heavy atom. The van der Waals surface area contributed by atoms with Crippen LogP contribution < -0.4 is 5.73 Å². The van der Waals surface area contributed by atoms with Crippen LogP contribution in [0.5, 0.6) is 0 Å². The summed E-state index contributed by atoms with van der Waals surface area (Å²) in [6, 6.07) is 13.6. The molecule has 0 saturated heterocycles. The summed E-state index contributed by atoms with van der Waals surface area (Å²) in [6.45, 7) is 0. The van der Waals surface area contributed by atoms with E-state index >= 15 is 0 Å². The minimum absolute atomic E-state index is 0.419. The molecule has 82 valence electrons. The summed E-state index contributed by atoms with van der Waals surface area (Å²) in [6.07, 6.45) is 1.79. The van der Waals surface area contributed by atoms with Gasteiger partial charge in [-0.25, -0.2) is 0 Å². The highest BCUT2D eigenvalue weighted by molar-refractivity contribution is 5.82. The lowest BCUT2D eigenvalue weighted by Crippen LogP contribution is -1.94. The van der Waals surface area contributed by atoms with Crippen LogP contribution in [-0.4, -0.2) is 15.2 Å². The molecule has 0 saturated carbocycles. The molecule has 2 aromatic heterocycles. The molecule has 0 amide bonds. The van der Waals surface area contributed by atoms with Gasteiger partial charge in [-0.1, -0.05) is 18.2 Å². The van der Waals surface area contributed by atoms with Gasteiger partial charge in [-0.15, -0.1) is 10.2 Å². The topological polar surface area (TPSA) is 64.7 Å². The third-order valence-corrected chi connectivity index (χ3v) is 2.57. The lowest BCUT2D eigenvalue weighted by atomic mass is 10.1. The van der Waals surface area contributed by atoms with Crippen LogP contribution in [0, 0.1) is 0 Å². The number of hydrogen-bond donors (Lipinski definition) is 1. The fourth-order valence-electron chi connectivity index (χ4n) is 1.71. The Balaban J connectivity index is 2.14. The van der Waals surface area contributed by atoms with Crippen LogP contribution in [0.15, 0.2) is 48.7 Å². The SMILES string of the molecule is Nc1ccc(-c2cnc3ccccc3c2)nn1.